The van der Waals surface area contributed by atoms with Crippen LogP contribution in [-0.4, -0.2) is 29.6 Å². The molecule has 6 atom stereocenters. The molecule has 6 rings (SSSR count). The molecule has 2 bridgehead atoms. The molecule has 136 valence electrons. The molecule has 2 saturated carbocycles. The lowest BCUT2D eigenvalue weighted by Crippen LogP contribution is -2.40. The first kappa shape index (κ1) is 16.8. The number of benzene rings is 1. The highest BCUT2D eigenvalue weighted by Crippen LogP contribution is 2.65. The van der Waals surface area contributed by atoms with E-state index in [1.165, 1.54) is 6.21 Å². The number of hydrogen-bond donors (Lipinski definition) is 0. The SMILES string of the molecule is C#CCOc1ccc(Br)cc1/C=N\N1C(=O)[C@@H]2[C@H]3C=C[C@@H]([C@@H]4C[C@H]34)[C@H]2C1=O. The zero-order chi connectivity index (χ0) is 18.7. The van der Waals surface area contributed by atoms with E-state index in [0.29, 0.717) is 23.1 Å². The molecule has 5 nitrogen and oxygen atoms in total. The number of terminal acetylenes is 1. The van der Waals surface area contributed by atoms with Gasteiger partial charge in [0.1, 0.15) is 12.4 Å². The minimum absolute atomic E-state index is 0.131. The molecule has 0 radical (unpaired) electrons. The molecular weight excluding hydrogens is 408 g/mol. The summed E-state index contributed by atoms with van der Waals surface area (Å²) in [5.74, 6) is 3.70. The maximum atomic E-state index is 12.9. The van der Waals surface area contributed by atoms with Crippen molar-refractivity contribution in [3.8, 4) is 18.1 Å². The lowest BCUT2D eigenvalue weighted by Gasteiger charge is -2.37. The Morgan fingerprint density at radius 2 is 1.89 bits per heavy atom. The number of rotatable bonds is 4. The van der Waals surface area contributed by atoms with E-state index in [9.17, 15) is 9.59 Å². The first-order chi connectivity index (χ1) is 13.1. The maximum absolute atomic E-state index is 12.9. The first-order valence-electron chi connectivity index (χ1n) is 9.06. The van der Waals surface area contributed by atoms with Gasteiger partial charge in [-0.3, -0.25) is 9.59 Å². The number of nitrogens with zero attached hydrogens (tertiary/aromatic N) is 2. The molecule has 1 aromatic carbocycles. The summed E-state index contributed by atoms with van der Waals surface area (Å²) >= 11 is 3.41. The molecule has 5 aliphatic rings. The van der Waals surface area contributed by atoms with Crippen LogP contribution in [0.1, 0.15) is 12.0 Å². The van der Waals surface area contributed by atoms with E-state index in [-0.39, 0.29) is 42.1 Å². The molecule has 1 aliphatic heterocycles. The highest BCUT2D eigenvalue weighted by Gasteiger charge is 2.67. The third-order valence-electron chi connectivity index (χ3n) is 6.23. The van der Waals surface area contributed by atoms with Crippen molar-refractivity contribution in [2.75, 3.05) is 6.61 Å². The number of carbonyl (C=O) groups is 2. The summed E-state index contributed by atoms with van der Waals surface area (Å²) in [6, 6.07) is 5.42. The maximum Gasteiger partial charge on any atom is 0.254 e. The van der Waals surface area contributed by atoms with Crippen LogP contribution in [0.5, 0.6) is 5.75 Å². The van der Waals surface area contributed by atoms with Crippen molar-refractivity contribution in [2.45, 2.75) is 6.42 Å². The zero-order valence-corrected chi connectivity index (χ0v) is 16.0. The summed E-state index contributed by atoms with van der Waals surface area (Å²) in [6.45, 7) is 0.131. The third kappa shape index (κ3) is 2.49. The van der Waals surface area contributed by atoms with Crippen molar-refractivity contribution in [3.05, 3.63) is 40.4 Å². The van der Waals surface area contributed by atoms with Gasteiger partial charge in [-0.05, 0) is 48.3 Å². The fourth-order valence-electron chi connectivity index (χ4n) is 5.05. The second-order valence-corrected chi connectivity index (χ2v) is 8.48. The molecule has 27 heavy (non-hydrogen) atoms. The highest BCUT2D eigenvalue weighted by molar-refractivity contribution is 9.10. The van der Waals surface area contributed by atoms with Crippen LogP contribution < -0.4 is 4.74 Å². The summed E-state index contributed by atoms with van der Waals surface area (Å²) in [6.07, 6.45) is 12.2. The Hall–Kier alpha value is -2.39. The van der Waals surface area contributed by atoms with Crippen molar-refractivity contribution in [3.63, 3.8) is 0 Å². The van der Waals surface area contributed by atoms with E-state index in [4.69, 9.17) is 11.2 Å². The standard InChI is InChI=1S/C21H17BrN2O3/c1-2-7-27-17-6-3-12(22)8-11(17)10-23-24-20(25)18-13-4-5-14(16-9-15(13)16)19(18)21(24)26/h1,3-6,8,10,13-16,18-19H,7,9H2/b23-10-/t13-,14-,15-,16+,18+,19+/m0/s1. The van der Waals surface area contributed by atoms with E-state index in [1.807, 2.05) is 12.1 Å². The predicted octanol–water partition coefficient (Wildman–Crippen LogP) is 2.85. The number of ether oxygens (including phenoxy) is 1. The number of imide groups is 1. The van der Waals surface area contributed by atoms with Crippen LogP contribution >= 0.6 is 15.9 Å². The number of hydrazone groups is 1. The van der Waals surface area contributed by atoms with Crippen molar-refractivity contribution < 1.29 is 14.3 Å². The lowest BCUT2D eigenvalue weighted by atomic mass is 9.63. The minimum Gasteiger partial charge on any atom is -0.480 e. The van der Waals surface area contributed by atoms with Gasteiger partial charge in [-0.1, -0.05) is 34.0 Å². The topological polar surface area (TPSA) is 59.0 Å². The van der Waals surface area contributed by atoms with Crippen LogP contribution in [0.15, 0.2) is 39.9 Å². The summed E-state index contributed by atoms with van der Waals surface area (Å²) in [5, 5.41) is 5.32. The van der Waals surface area contributed by atoms with Gasteiger partial charge < -0.3 is 4.74 Å². The largest absolute Gasteiger partial charge is 0.480 e. The van der Waals surface area contributed by atoms with Gasteiger partial charge in [0.15, 0.2) is 0 Å². The Morgan fingerprint density at radius 3 is 2.52 bits per heavy atom. The van der Waals surface area contributed by atoms with Gasteiger partial charge in [0, 0.05) is 10.0 Å². The van der Waals surface area contributed by atoms with Crippen LogP contribution in [-0.2, 0) is 9.59 Å². The van der Waals surface area contributed by atoms with Gasteiger partial charge in [-0.15, -0.1) is 6.42 Å². The molecule has 0 aromatic heterocycles. The molecule has 3 fully saturated rings. The van der Waals surface area contributed by atoms with Gasteiger partial charge in [0.05, 0.1) is 18.1 Å². The van der Waals surface area contributed by atoms with Crippen molar-refractivity contribution in [1.82, 2.24) is 5.01 Å². The molecule has 0 spiro atoms. The fourth-order valence-corrected chi connectivity index (χ4v) is 5.42. The van der Waals surface area contributed by atoms with Crippen molar-refractivity contribution in [1.29, 1.82) is 0 Å². The summed E-state index contributed by atoms with van der Waals surface area (Å²) < 4.78 is 6.36. The number of amides is 2. The summed E-state index contributed by atoms with van der Waals surface area (Å²) in [4.78, 5) is 25.9. The second-order valence-electron chi connectivity index (χ2n) is 7.56. The normalized spacial score (nSPS) is 35.3. The van der Waals surface area contributed by atoms with Crippen LogP contribution in [0.4, 0.5) is 0 Å². The molecule has 2 amide bonds. The summed E-state index contributed by atoms with van der Waals surface area (Å²) in [7, 11) is 0. The van der Waals surface area contributed by atoms with Gasteiger partial charge in [0.2, 0.25) is 0 Å². The van der Waals surface area contributed by atoms with E-state index in [2.05, 4.69) is 39.1 Å². The molecule has 1 aromatic rings. The predicted molar refractivity (Wildman–Crippen MR) is 103 cm³/mol. The zero-order valence-electron chi connectivity index (χ0n) is 14.4. The molecule has 6 heteroatoms. The molecule has 4 aliphatic carbocycles. The Kier molecular flexibility index (Phi) is 3.76. The molecule has 0 N–H and O–H groups in total. The first-order valence-corrected chi connectivity index (χ1v) is 9.85. The van der Waals surface area contributed by atoms with E-state index >= 15 is 0 Å². The number of carbonyl (C=O) groups excluding carboxylic acids is 2. The Morgan fingerprint density at radius 1 is 1.22 bits per heavy atom. The number of hydrogen-bond acceptors (Lipinski definition) is 4. The lowest BCUT2D eigenvalue weighted by molar-refractivity contribution is -0.140. The molecular formula is C21H17BrN2O3. The van der Waals surface area contributed by atoms with Crippen molar-refractivity contribution >= 4 is 34.0 Å². The van der Waals surface area contributed by atoms with Crippen LogP contribution in [0.2, 0.25) is 0 Å². The van der Waals surface area contributed by atoms with Crippen LogP contribution in [0.3, 0.4) is 0 Å². The molecule has 0 unspecified atom stereocenters. The fraction of sp³-hybridized carbons (Fsp3) is 0.381. The summed E-state index contributed by atoms with van der Waals surface area (Å²) in [5.41, 5.74) is 0.652. The van der Waals surface area contributed by atoms with Gasteiger partial charge in [0.25, 0.3) is 11.8 Å². The van der Waals surface area contributed by atoms with Crippen LogP contribution in [0.25, 0.3) is 0 Å². The number of allylic oxidation sites excluding steroid dienone is 2. The van der Waals surface area contributed by atoms with Gasteiger partial charge in [-0.2, -0.15) is 10.1 Å². The average Bonchev–Trinajstić information content (AvgIpc) is 3.45. The Labute approximate surface area is 165 Å². The smallest absolute Gasteiger partial charge is 0.254 e. The Bertz CT molecular complexity index is 911. The minimum atomic E-state index is -0.243. The molecule has 1 heterocycles. The van der Waals surface area contributed by atoms with Gasteiger partial charge in [-0.25, -0.2) is 0 Å². The van der Waals surface area contributed by atoms with E-state index in [1.54, 1.807) is 6.07 Å². The average molecular weight is 425 g/mol. The quantitative estimate of drug-likeness (QED) is 0.323. The van der Waals surface area contributed by atoms with Gasteiger partial charge >= 0.3 is 0 Å². The third-order valence-corrected chi connectivity index (χ3v) is 6.73. The van der Waals surface area contributed by atoms with E-state index in [0.717, 1.165) is 15.9 Å². The Balaban J connectivity index is 1.43. The number of halogens is 1. The second kappa shape index (κ2) is 6.07. The molecule has 1 saturated heterocycles. The van der Waals surface area contributed by atoms with Crippen molar-refractivity contribution in [2.24, 2.45) is 40.6 Å². The van der Waals surface area contributed by atoms with E-state index < -0.39 is 0 Å². The van der Waals surface area contributed by atoms with Crippen LogP contribution in [0, 0.1) is 47.9 Å². The highest BCUT2D eigenvalue weighted by atomic mass is 79.9. The monoisotopic (exact) mass is 424 g/mol.